The minimum Gasteiger partial charge on any atom is -0.497 e. The molecule has 0 spiro atoms. The average molecular weight is 396 g/mol. The van der Waals surface area contributed by atoms with E-state index in [-0.39, 0.29) is 5.91 Å². The lowest BCUT2D eigenvalue weighted by Crippen LogP contribution is -2.11. The predicted octanol–water partition coefficient (Wildman–Crippen LogP) is 4.98. The molecular formula is C24H20N4O2. The van der Waals surface area contributed by atoms with E-state index in [9.17, 15) is 4.79 Å². The Morgan fingerprint density at radius 3 is 2.67 bits per heavy atom. The number of hydrogen-bond donors (Lipinski definition) is 2. The number of carbonyl (C=O) groups is 1. The van der Waals surface area contributed by atoms with Gasteiger partial charge in [0.1, 0.15) is 11.6 Å². The number of H-pyrrole nitrogens is 1. The summed E-state index contributed by atoms with van der Waals surface area (Å²) in [5, 5.41) is 4.06. The molecule has 2 N–H and O–H groups in total. The van der Waals surface area contributed by atoms with Crippen molar-refractivity contribution in [1.82, 2.24) is 14.5 Å². The number of aromatic amines is 1. The number of benzene rings is 3. The molecule has 5 aromatic rings. The molecule has 0 aliphatic carbocycles. The lowest BCUT2D eigenvalue weighted by atomic mass is 10.1. The number of methoxy groups -OCH3 is 1. The second-order valence-electron chi connectivity index (χ2n) is 7.20. The number of imidazole rings is 1. The van der Waals surface area contributed by atoms with E-state index >= 15 is 0 Å². The molecule has 0 atom stereocenters. The van der Waals surface area contributed by atoms with E-state index < -0.39 is 0 Å². The largest absolute Gasteiger partial charge is 0.497 e. The van der Waals surface area contributed by atoms with Crippen LogP contribution in [0.4, 0.5) is 5.69 Å². The summed E-state index contributed by atoms with van der Waals surface area (Å²) < 4.78 is 7.31. The topological polar surface area (TPSA) is 71.9 Å². The second-order valence-corrected chi connectivity index (χ2v) is 7.20. The highest BCUT2D eigenvalue weighted by atomic mass is 16.5. The van der Waals surface area contributed by atoms with Gasteiger partial charge in [0.25, 0.3) is 5.91 Å². The molecule has 0 bridgehead atoms. The van der Waals surface area contributed by atoms with Gasteiger partial charge in [-0.25, -0.2) is 4.98 Å². The summed E-state index contributed by atoms with van der Waals surface area (Å²) in [6, 6.07) is 21.0. The average Bonchev–Trinajstić information content (AvgIpc) is 3.36. The van der Waals surface area contributed by atoms with Crippen LogP contribution in [0.5, 0.6) is 5.75 Å². The second kappa shape index (κ2) is 7.08. The maximum absolute atomic E-state index is 12.7. The fraction of sp³-hybridized carbons (Fsp3) is 0.0833. The van der Waals surface area contributed by atoms with E-state index in [4.69, 9.17) is 4.74 Å². The van der Waals surface area contributed by atoms with Gasteiger partial charge in [0.05, 0.1) is 18.1 Å². The van der Waals surface area contributed by atoms with Crippen LogP contribution in [0.3, 0.4) is 0 Å². The smallest absolute Gasteiger partial charge is 0.255 e. The molecule has 0 radical (unpaired) electrons. The Labute approximate surface area is 173 Å². The van der Waals surface area contributed by atoms with Gasteiger partial charge in [0, 0.05) is 47.0 Å². The number of aryl methyl sites for hydroxylation is 1. The fourth-order valence-corrected chi connectivity index (χ4v) is 3.59. The third-order valence-corrected chi connectivity index (χ3v) is 5.25. The molecule has 0 aliphatic heterocycles. The van der Waals surface area contributed by atoms with Crippen molar-refractivity contribution in [3.05, 3.63) is 78.5 Å². The van der Waals surface area contributed by atoms with Gasteiger partial charge >= 0.3 is 0 Å². The van der Waals surface area contributed by atoms with Crippen molar-refractivity contribution in [1.29, 1.82) is 0 Å². The molecule has 148 valence electrons. The Kier molecular flexibility index (Phi) is 4.25. The van der Waals surface area contributed by atoms with E-state index in [1.807, 2.05) is 72.4 Å². The highest BCUT2D eigenvalue weighted by Gasteiger charge is 2.10. The first-order valence-corrected chi connectivity index (χ1v) is 9.61. The quantitative estimate of drug-likeness (QED) is 0.450. The molecule has 0 fully saturated rings. The molecule has 3 aromatic carbocycles. The monoisotopic (exact) mass is 396 g/mol. The Morgan fingerprint density at radius 2 is 1.87 bits per heavy atom. The zero-order valence-corrected chi connectivity index (χ0v) is 16.6. The number of amides is 1. The molecule has 0 saturated carbocycles. The van der Waals surface area contributed by atoms with Gasteiger partial charge in [-0.3, -0.25) is 4.79 Å². The van der Waals surface area contributed by atoms with Crippen LogP contribution in [0, 0.1) is 0 Å². The number of nitrogens with zero attached hydrogens (tertiary/aromatic N) is 2. The van der Waals surface area contributed by atoms with Gasteiger partial charge in [0.15, 0.2) is 0 Å². The van der Waals surface area contributed by atoms with E-state index in [0.717, 1.165) is 44.8 Å². The maximum atomic E-state index is 12.7. The Bertz CT molecular complexity index is 1380. The van der Waals surface area contributed by atoms with Crippen molar-refractivity contribution in [2.24, 2.45) is 7.05 Å². The minimum absolute atomic E-state index is 0.147. The van der Waals surface area contributed by atoms with Crippen LogP contribution < -0.4 is 10.1 Å². The molecular weight excluding hydrogens is 376 g/mol. The molecule has 0 unspecified atom stereocenters. The van der Waals surface area contributed by atoms with Crippen LogP contribution in [0.2, 0.25) is 0 Å². The Balaban J connectivity index is 1.36. The number of carbonyl (C=O) groups excluding carboxylic acids is 1. The standard InChI is InChI=1S/C24H20N4O2/c1-28-12-11-17-13-18(7-10-22(17)28)25-24(29)16-5-3-15(4-6-16)23-26-20-9-8-19(30-2)14-21(20)27-23/h3-14H,1-2H3,(H,25,29)(H,26,27). The molecule has 6 heteroatoms. The summed E-state index contributed by atoms with van der Waals surface area (Å²) >= 11 is 0. The summed E-state index contributed by atoms with van der Waals surface area (Å²) in [5.74, 6) is 1.38. The molecule has 5 rings (SSSR count). The zero-order valence-electron chi connectivity index (χ0n) is 16.6. The maximum Gasteiger partial charge on any atom is 0.255 e. The first-order chi connectivity index (χ1) is 14.6. The minimum atomic E-state index is -0.147. The third-order valence-electron chi connectivity index (χ3n) is 5.25. The molecule has 30 heavy (non-hydrogen) atoms. The SMILES string of the molecule is COc1ccc2nc(-c3ccc(C(=O)Nc4ccc5c(ccn5C)c4)cc3)[nH]c2c1. The Morgan fingerprint density at radius 1 is 1.03 bits per heavy atom. The van der Waals surface area contributed by atoms with Gasteiger partial charge < -0.3 is 19.6 Å². The Hall–Kier alpha value is -4.06. The van der Waals surface area contributed by atoms with Crippen LogP contribution in [-0.4, -0.2) is 27.6 Å². The first-order valence-electron chi connectivity index (χ1n) is 9.61. The number of fused-ring (bicyclic) bond motifs is 2. The molecule has 6 nitrogen and oxygen atoms in total. The van der Waals surface area contributed by atoms with Crippen LogP contribution >= 0.6 is 0 Å². The summed E-state index contributed by atoms with van der Waals surface area (Å²) in [6.45, 7) is 0. The van der Waals surface area contributed by atoms with Crippen LogP contribution in [0.25, 0.3) is 33.3 Å². The van der Waals surface area contributed by atoms with Gasteiger partial charge in [-0.05, 0) is 48.5 Å². The molecule has 2 aromatic heterocycles. The molecule has 1 amide bonds. The number of anilines is 1. The van der Waals surface area contributed by atoms with E-state index in [1.165, 1.54) is 0 Å². The molecule has 0 saturated heterocycles. The molecule has 0 aliphatic rings. The summed E-state index contributed by atoms with van der Waals surface area (Å²) in [4.78, 5) is 20.6. The van der Waals surface area contributed by atoms with Gasteiger partial charge in [0.2, 0.25) is 0 Å². The fourth-order valence-electron chi connectivity index (χ4n) is 3.59. The normalized spacial score (nSPS) is 11.1. The van der Waals surface area contributed by atoms with Gasteiger partial charge in [-0.2, -0.15) is 0 Å². The molecule has 2 heterocycles. The first kappa shape index (κ1) is 18.0. The van der Waals surface area contributed by atoms with Crippen molar-refractivity contribution < 1.29 is 9.53 Å². The highest BCUT2D eigenvalue weighted by molar-refractivity contribution is 6.05. The third kappa shape index (κ3) is 3.18. The summed E-state index contributed by atoms with van der Waals surface area (Å²) in [6.07, 6.45) is 2.00. The van der Waals surface area contributed by atoms with E-state index in [1.54, 1.807) is 19.2 Å². The predicted molar refractivity (Wildman–Crippen MR) is 119 cm³/mol. The zero-order chi connectivity index (χ0) is 20.7. The van der Waals surface area contributed by atoms with Gasteiger partial charge in [-0.15, -0.1) is 0 Å². The van der Waals surface area contributed by atoms with Crippen molar-refractivity contribution in [2.75, 3.05) is 12.4 Å². The van der Waals surface area contributed by atoms with Crippen LogP contribution in [0.1, 0.15) is 10.4 Å². The number of aromatic nitrogens is 3. The number of nitrogens with one attached hydrogen (secondary N) is 2. The number of ether oxygens (including phenoxy) is 1. The van der Waals surface area contributed by atoms with E-state index in [2.05, 4.69) is 15.3 Å². The summed E-state index contributed by atoms with van der Waals surface area (Å²) in [5.41, 5.74) is 5.17. The number of rotatable bonds is 4. The van der Waals surface area contributed by atoms with Gasteiger partial charge in [-0.1, -0.05) is 12.1 Å². The lowest BCUT2D eigenvalue weighted by molar-refractivity contribution is 0.102. The van der Waals surface area contributed by atoms with Crippen LogP contribution in [0.15, 0.2) is 72.9 Å². The lowest BCUT2D eigenvalue weighted by Gasteiger charge is -2.07. The van der Waals surface area contributed by atoms with Crippen molar-refractivity contribution >= 4 is 33.5 Å². The number of hydrogen-bond acceptors (Lipinski definition) is 3. The van der Waals surface area contributed by atoms with Crippen LogP contribution in [-0.2, 0) is 7.05 Å². The van der Waals surface area contributed by atoms with E-state index in [0.29, 0.717) is 5.56 Å². The highest BCUT2D eigenvalue weighted by Crippen LogP contribution is 2.25. The van der Waals surface area contributed by atoms with Crippen molar-refractivity contribution in [3.63, 3.8) is 0 Å². The van der Waals surface area contributed by atoms with Crippen molar-refractivity contribution in [2.45, 2.75) is 0 Å². The van der Waals surface area contributed by atoms with Crippen molar-refractivity contribution in [3.8, 4) is 17.1 Å². The summed E-state index contributed by atoms with van der Waals surface area (Å²) in [7, 11) is 3.64.